The number of carbonyl (C=O) groups is 2. The zero-order chi connectivity index (χ0) is 32.2. The molecule has 0 spiro atoms. The number of fused-ring (bicyclic) bond motifs is 1. The van der Waals surface area contributed by atoms with E-state index in [1.807, 2.05) is 72.8 Å². The second-order valence-electron chi connectivity index (χ2n) is 12.0. The van der Waals surface area contributed by atoms with Crippen LogP contribution in [0.15, 0.2) is 114 Å². The normalized spacial score (nSPS) is 12.5. The van der Waals surface area contributed by atoms with Crippen molar-refractivity contribution >= 4 is 33.5 Å². The quantitative estimate of drug-likeness (QED) is 0.162. The Hall–Kier alpha value is -4.73. The first-order valence-electron chi connectivity index (χ1n) is 14.7. The fraction of sp³-hybridized carbons (Fsp3) is 0.222. The van der Waals surface area contributed by atoms with Crippen molar-refractivity contribution < 1.29 is 27.0 Å². The molecule has 3 aromatic rings. The fourth-order valence-electron chi connectivity index (χ4n) is 5.16. The van der Waals surface area contributed by atoms with Crippen molar-refractivity contribution in [3.8, 4) is 11.3 Å². The van der Waals surface area contributed by atoms with Gasteiger partial charge in [-0.25, -0.2) is 0 Å². The zero-order valence-electron chi connectivity index (χ0n) is 25.4. The summed E-state index contributed by atoms with van der Waals surface area (Å²) in [5.74, 6) is -0.728. The van der Waals surface area contributed by atoms with Crippen molar-refractivity contribution in [2.24, 2.45) is 0 Å². The minimum absolute atomic E-state index is 0.0558. The lowest BCUT2D eigenvalue weighted by Crippen LogP contribution is -2.32. The van der Waals surface area contributed by atoms with E-state index in [1.54, 1.807) is 29.2 Å². The average Bonchev–Trinajstić information content (AvgIpc) is 3.48. The number of carbonyl (C=O) groups excluding carboxylic acids is 2. The SMILES string of the molecule is CC(C)(C)c1ccc(C(Cc2ccc(C(=O)NCCS(=O)(=O)O)cc2)C(=O)N(c2ccccc2)c2ccc3cccc-3o2)cc1. The highest BCUT2D eigenvalue weighted by Gasteiger charge is 2.31. The van der Waals surface area contributed by atoms with Crippen LogP contribution in [0.5, 0.6) is 0 Å². The van der Waals surface area contributed by atoms with Crippen LogP contribution >= 0.6 is 0 Å². The van der Waals surface area contributed by atoms with Gasteiger partial charge in [-0.05, 0) is 64.9 Å². The summed E-state index contributed by atoms with van der Waals surface area (Å²) < 4.78 is 37.1. The lowest BCUT2D eigenvalue weighted by molar-refractivity contribution is -0.119. The predicted octanol–water partition coefficient (Wildman–Crippen LogP) is 6.99. The van der Waals surface area contributed by atoms with Gasteiger partial charge in [-0.1, -0.05) is 87.5 Å². The van der Waals surface area contributed by atoms with Crippen LogP contribution in [0.3, 0.4) is 0 Å². The Balaban J connectivity index is 1.49. The van der Waals surface area contributed by atoms with E-state index in [-0.39, 0.29) is 17.9 Å². The lowest BCUT2D eigenvalue weighted by atomic mass is 9.84. The van der Waals surface area contributed by atoms with E-state index < -0.39 is 27.7 Å². The van der Waals surface area contributed by atoms with Gasteiger partial charge in [-0.3, -0.25) is 19.0 Å². The number of nitrogens with one attached hydrogen (secondary N) is 1. The van der Waals surface area contributed by atoms with Crippen LogP contribution in [-0.2, 0) is 26.7 Å². The van der Waals surface area contributed by atoms with Crippen molar-refractivity contribution in [2.45, 2.75) is 38.5 Å². The fourth-order valence-corrected chi connectivity index (χ4v) is 5.52. The molecule has 232 valence electrons. The van der Waals surface area contributed by atoms with Gasteiger partial charge in [0.15, 0.2) is 0 Å². The second-order valence-corrected chi connectivity index (χ2v) is 13.6. The smallest absolute Gasteiger partial charge is 0.266 e. The van der Waals surface area contributed by atoms with Gasteiger partial charge >= 0.3 is 0 Å². The van der Waals surface area contributed by atoms with Gasteiger partial charge in [0.2, 0.25) is 11.8 Å². The number of hydrogen-bond acceptors (Lipinski definition) is 5. The molecule has 0 bridgehead atoms. The van der Waals surface area contributed by atoms with Crippen LogP contribution in [0, 0.1) is 0 Å². The van der Waals surface area contributed by atoms with Gasteiger partial charge < -0.3 is 9.73 Å². The molecule has 0 saturated heterocycles. The largest absolute Gasteiger partial charge is 0.440 e. The van der Waals surface area contributed by atoms with E-state index in [0.29, 0.717) is 29.3 Å². The molecule has 5 rings (SSSR count). The van der Waals surface area contributed by atoms with Crippen LogP contribution in [0.25, 0.3) is 11.3 Å². The van der Waals surface area contributed by atoms with Gasteiger partial charge in [-0.15, -0.1) is 0 Å². The maximum atomic E-state index is 14.7. The van der Waals surface area contributed by atoms with E-state index in [0.717, 1.165) is 22.3 Å². The van der Waals surface area contributed by atoms with E-state index >= 15 is 0 Å². The van der Waals surface area contributed by atoms with Crippen LogP contribution < -0.4 is 10.2 Å². The van der Waals surface area contributed by atoms with E-state index in [1.165, 1.54) is 0 Å². The minimum Gasteiger partial charge on any atom is -0.440 e. The molecule has 1 aliphatic heterocycles. The monoisotopic (exact) mass is 624 g/mol. The van der Waals surface area contributed by atoms with Crippen LogP contribution in [-0.4, -0.2) is 37.1 Å². The molecule has 1 atom stereocenters. The van der Waals surface area contributed by atoms with Crippen LogP contribution in [0.1, 0.15) is 53.7 Å². The number of nitrogens with zero attached hydrogens (tertiary/aromatic N) is 1. The molecule has 3 aromatic carbocycles. The first-order valence-corrected chi connectivity index (χ1v) is 16.3. The minimum atomic E-state index is -4.18. The molecule has 0 aromatic heterocycles. The number of amides is 2. The summed E-state index contributed by atoms with van der Waals surface area (Å²) in [6.45, 7) is 6.22. The summed E-state index contributed by atoms with van der Waals surface area (Å²) in [5.41, 5.74) is 4.72. The zero-order valence-corrected chi connectivity index (χ0v) is 26.3. The molecule has 9 heteroatoms. The topological polar surface area (TPSA) is 117 Å². The predicted molar refractivity (Wildman–Crippen MR) is 176 cm³/mol. The van der Waals surface area contributed by atoms with Crippen LogP contribution in [0.2, 0.25) is 0 Å². The van der Waals surface area contributed by atoms with Crippen molar-refractivity contribution in [2.75, 3.05) is 17.2 Å². The van der Waals surface area contributed by atoms with E-state index in [9.17, 15) is 18.0 Å². The highest BCUT2D eigenvalue weighted by atomic mass is 32.2. The molecule has 45 heavy (non-hydrogen) atoms. The van der Waals surface area contributed by atoms with Crippen molar-refractivity contribution in [3.05, 3.63) is 131 Å². The molecule has 8 nitrogen and oxygen atoms in total. The third kappa shape index (κ3) is 7.87. The van der Waals surface area contributed by atoms with Gasteiger partial charge in [0.25, 0.3) is 16.0 Å². The molecule has 2 aliphatic rings. The molecule has 0 saturated carbocycles. The Labute approximate surface area is 263 Å². The summed E-state index contributed by atoms with van der Waals surface area (Å²) in [7, 11) is -4.18. The van der Waals surface area contributed by atoms with E-state index in [2.05, 4.69) is 38.2 Å². The number of rotatable bonds is 10. The second kappa shape index (κ2) is 13.1. The van der Waals surface area contributed by atoms with Gasteiger partial charge in [-0.2, -0.15) is 8.42 Å². The Morgan fingerprint density at radius 3 is 2.18 bits per heavy atom. The number of hydrogen-bond donors (Lipinski definition) is 2. The van der Waals surface area contributed by atoms with E-state index in [4.69, 9.17) is 8.97 Å². The number of para-hydroxylation sites is 1. The summed E-state index contributed by atoms with van der Waals surface area (Å²) in [6.07, 6.45) is 0.348. The molecule has 1 heterocycles. The first kappa shape index (κ1) is 31.7. The summed E-state index contributed by atoms with van der Waals surface area (Å²) in [4.78, 5) is 28.9. The van der Waals surface area contributed by atoms with Gasteiger partial charge in [0, 0.05) is 23.7 Å². The molecule has 2 N–H and O–H groups in total. The maximum absolute atomic E-state index is 14.7. The van der Waals surface area contributed by atoms with Crippen molar-refractivity contribution in [3.63, 3.8) is 0 Å². The standard InChI is InChI=1S/C36H36N2O6S/c1-36(2,3)29-19-16-26(17-20-29)31(24-25-12-14-28(15-13-25)34(39)37-22-23-45(41,42)43)35(40)38(30-9-5-4-6-10-30)33-21-18-27-8-7-11-32(27)44-33/h4-21,31H,22-24H2,1-3H3,(H,37,39)(H,41,42,43). The third-order valence-corrected chi connectivity index (χ3v) is 8.38. The van der Waals surface area contributed by atoms with Crippen LogP contribution in [0.4, 0.5) is 11.6 Å². The molecule has 1 aliphatic carbocycles. The molecule has 0 radical (unpaired) electrons. The number of benzene rings is 3. The Morgan fingerprint density at radius 2 is 1.53 bits per heavy atom. The summed E-state index contributed by atoms with van der Waals surface area (Å²) >= 11 is 0. The van der Waals surface area contributed by atoms with Gasteiger partial charge in [0.1, 0.15) is 5.76 Å². The maximum Gasteiger partial charge on any atom is 0.266 e. The highest BCUT2D eigenvalue weighted by Crippen LogP contribution is 2.36. The Morgan fingerprint density at radius 1 is 0.844 bits per heavy atom. The highest BCUT2D eigenvalue weighted by molar-refractivity contribution is 7.85. The Kier molecular flexibility index (Phi) is 9.22. The summed E-state index contributed by atoms with van der Waals surface area (Å²) in [5, 5.41) is 2.49. The summed E-state index contributed by atoms with van der Waals surface area (Å²) in [6, 6.07) is 33.8. The Bertz CT molecular complexity index is 1840. The molecule has 1 unspecified atom stereocenters. The van der Waals surface area contributed by atoms with Gasteiger partial charge in [0.05, 0.1) is 17.4 Å². The molecular weight excluding hydrogens is 588 g/mol. The van der Waals surface area contributed by atoms with Crippen molar-refractivity contribution in [1.82, 2.24) is 5.32 Å². The van der Waals surface area contributed by atoms with Crippen molar-refractivity contribution in [1.29, 1.82) is 0 Å². The first-order chi connectivity index (χ1) is 21.4. The molecule has 2 amide bonds. The third-order valence-electron chi connectivity index (χ3n) is 7.66. The lowest BCUT2D eigenvalue weighted by Gasteiger charge is -2.28. The molecular formula is C36H36N2O6S. The molecule has 0 fully saturated rings. The average molecular weight is 625 g/mol. The number of anilines is 2.